The van der Waals surface area contributed by atoms with Crippen LogP contribution in [0.15, 0.2) is 0 Å². The Hall–Kier alpha value is -0.0800. The fourth-order valence-electron chi connectivity index (χ4n) is 2.80. The summed E-state index contributed by atoms with van der Waals surface area (Å²) in [4.78, 5) is 2.51. The Morgan fingerprint density at radius 2 is 1.65 bits per heavy atom. The number of aliphatic hydroxyl groups is 1. The molecule has 1 N–H and O–H groups in total. The van der Waals surface area contributed by atoms with E-state index in [0.29, 0.717) is 0 Å². The SMILES string of the molecule is CCCCCC(O)C(C)(C)N1CCCCCC1. The van der Waals surface area contributed by atoms with E-state index in [2.05, 4.69) is 25.7 Å². The minimum atomic E-state index is -0.174. The summed E-state index contributed by atoms with van der Waals surface area (Å²) in [5.74, 6) is 0. The molecule has 0 aromatic carbocycles. The van der Waals surface area contributed by atoms with Crippen LogP contribution in [-0.4, -0.2) is 34.7 Å². The van der Waals surface area contributed by atoms with Crippen LogP contribution in [-0.2, 0) is 0 Å². The average molecular weight is 241 g/mol. The highest BCUT2D eigenvalue weighted by Crippen LogP contribution is 2.26. The zero-order valence-corrected chi connectivity index (χ0v) is 12.0. The number of nitrogens with zero attached hydrogens (tertiary/aromatic N) is 1. The van der Waals surface area contributed by atoms with Crippen molar-refractivity contribution in [2.75, 3.05) is 13.1 Å². The summed E-state index contributed by atoms with van der Waals surface area (Å²) in [7, 11) is 0. The van der Waals surface area contributed by atoms with E-state index < -0.39 is 0 Å². The van der Waals surface area contributed by atoms with Crippen molar-refractivity contribution in [3.05, 3.63) is 0 Å². The Morgan fingerprint density at radius 3 is 2.18 bits per heavy atom. The van der Waals surface area contributed by atoms with Crippen molar-refractivity contribution in [2.24, 2.45) is 0 Å². The second-order valence-electron chi connectivity index (χ2n) is 6.07. The molecular weight excluding hydrogens is 210 g/mol. The Morgan fingerprint density at radius 1 is 1.06 bits per heavy atom. The van der Waals surface area contributed by atoms with Crippen molar-refractivity contribution in [3.63, 3.8) is 0 Å². The molecule has 1 heterocycles. The van der Waals surface area contributed by atoms with Crippen molar-refractivity contribution in [2.45, 2.75) is 83.8 Å². The van der Waals surface area contributed by atoms with Crippen molar-refractivity contribution < 1.29 is 5.11 Å². The van der Waals surface area contributed by atoms with E-state index in [1.807, 2.05) is 0 Å². The van der Waals surface area contributed by atoms with Gasteiger partial charge in [-0.1, -0.05) is 39.0 Å². The molecule has 0 spiro atoms. The topological polar surface area (TPSA) is 23.5 Å². The summed E-state index contributed by atoms with van der Waals surface area (Å²) in [5, 5.41) is 10.4. The number of likely N-dealkylation sites (tertiary alicyclic amines) is 1. The maximum absolute atomic E-state index is 10.4. The van der Waals surface area contributed by atoms with E-state index in [9.17, 15) is 5.11 Å². The van der Waals surface area contributed by atoms with Crippen molar-refractivity contribution >= 4 is 0 Å². The molecule has 2 nitrogen and oxygen atoms in total. The third kappa shape index (κ3) is 4.59. The van der Waals surface area contributed by atoms with E-state index in [1.54, 1.807) is 0 Å². The Labute approximate surface area is 107 Å². The zero-order chi connectivity index (χ0) is 12.7. The van der Waals surface area contributed by atoms with Crippen LogP contribution in [0.3, 0.4) is 0 Å². The molecule has 1 fully saturated rings. The summed E-state index contributed by atoms with van der Waals surface area (Å²) < 4.78 is 0. The molecule has 0 bridgehead atoms. The molecule has 0 amide bonds. The van der Waals surface area contributed by atoms with Gasteiger partial charge in [0, 0.05) is 5.54 Å². The highest BCUT2D eigenvalue weighted by molar-refractivity contribution is 4.89. The standard InChI is InChI=1S/C15H31NO/c1-4-5-8-11-14(17)15(2,3)16-12-9-6-7-10-13-16/h14,17H,4-13H2,1-3H3. The Kier molecular flexibility index (Phi) is 6.50. The lowest BCUT2D eigenvalue weighted by Gasteiger charge is -2.41. The summed E-state index contributed by atoms with van der Waals surface area (Å²) >= 11 is 0. The van der Waals surface area contributed by atoms with Crippen LogP contribution < -0.4 is 0 Å². The quantitative estimate of drug-likeness (QED) is 0.718. The molecular formula is C15H31NO. The van der Waals surface area contributed by atoms with E-state index >= 15 is 0 Å². The first-order chi connectivity index (χ1) is 8.09. The van der Waals surface area contributed by atoms with Gasteiger partial charge < -0.3 is 5.11 Å². The van der Waals surface area contributed by atoms with Crippen molar-refractivity contribution in [3.8, 4) is 0 Å². The predicted octanol–water partition coefficient (Wildman–Crippen LogP) is 3.58. The normalized spacial score (nSPS) is 21.2. The summed E-state index contributed by atoms with van der Waals surface area (Å²) in [6.45, 7) is 8.98. The van der Waals surface area contributed by atoms with Gasteiger partial charge in [-0.25, -0.2) is 0 Å². The van der Waals surface area contributed by atoms with E-state index in [0.717, 1.165) is 25.9 Å². The predicted molar refractivity (Wildman–Crippen MR) is 74.3 cm³/mol. The average Bonchev–Trinajstić information content (AvgIpc) is 2.58. The smallest absolute Gasteiger partial charge is 0.0718 e. The van der Waals surface area contributed by atoms with Gasteiger partial charge >= 0.3 is 0 Å². The summed E-state index contributed by atoms with van der Waals surface area (Å²) in [5.41, 5.74) is -0.0436. The summed E-state index contributed by atoms with van der Waals surface area (Å²) in [6, 6.07) is 0. The first kappa shape index (κ1) is 15.0. The number of unbranched alkanes of at least 4 members (excludes halogenated alkanes) is 2. The minimum Gasteiger partial charge on any atom is -0.391 e. The minimum absolute atomic E-state index is 0.0436. The van der Waals surface area contributed by atoms with Gasteiger partial charge in [0.1, 0.15) is 0 Å². The van der Waals surface area contributed by atoms with Gasteiger partial charge in [-0.3, -0.25) is 4.90 Å². The van der Waals surface area contributed by atoms with Gasteiger partial charge in [0.2, 0.25) is 0 Å². The maximum atomic E-state index is 10.4. The fraction of sp³-hybridized carbons (Fsp3) is 1.00. The lowest BCUT2D eigenvalue weighted by molar-refractivity contribution is -0.0138. The van der Waals surface area contributed by atoms with Crippen LogP contribution in [0.25, 0.3) is 0 Å². The third-order valence-corrected chi connectivity index (χ3v) is 4.32. The van der Waals surface area contributed by atoms with Crippen LogP contribution >= 0.6 is 0 Å². The molecule has 1 aliphatic rings. The largest absolute Gasteiger partial charge is 0.391 e. The maximum Gasteiger partial charge on any atom is 0.0718 e. The molecule has 1 atom stereocenters. The number of rotatable bonds is 6. The molecule has 0 radical (unpaired) electrons. The molecule has 1 unspecified atom stereocenters. The molecule has 1 rings (SSSR count). The third-order valence-electron chi connectivity index (χ3n) is 4.32. The fourth-order valence-corrected chi connectivity index (χ4v) is 2.80. The lowest BCUT2D eigenvalue weighted by Crippen LogP contribution is -2.52. The highest BCUT2D eigenvalue weighted by Gasteiger charge is 2.33. The van der Waals surface area contributed by atoms with E-state index in [1.165, 1.54) is 38.5 Å². The second kappa shape index (κ2) is 7.38. The monoisotopic (exact) mass is 241 g/mol. The van der Waals surface area contributed by atoms with Gasteiger partial charge in [0.05, 0.1) is 6.10 Å². The second-order valence-corrected chi connectivity index (χ2v) is 6.07. The van der Waals surface area contributed by atoms with Crippen LogP contribution in [0.5, 0.6) is 0 Å². The molecule has 17 heavy (non-hydrogen) atoms. The van der Waals surface area contributed by atoms with Gasteiger partial charge in [-0.2, -0.15) is 0 Å². The molecule has 0 saturated carbocycles. The molecule has 0 aliphatic carbocycles. The van der Waals surface area contributed by atoms with E-state index in [4.69, 9.17) is 0 Å². The first-order valence-electron chi connectivity index (χ1n) is 7.52. The van der Waals surface area contributed by atoms with Crippen LogP contribution in [0, 0.1) is 0 Å². The molecule has 0 aromatic heterocycles. The van der Waals surface area contributed by atoms with Gasteiger partial charge in [0.25, 0.3) is 0 Å². The molecule has 102 valence electrons. The molecule has 2 heteroatoms. The molecule has 1 saturated heterocycles. The Bertz CT molecular complexity index is 195. The zero-order valence-electron chi connectivity index (χ0n) is 12.0. The highest BCUT2D eigenvalue weighted by atomic mass is 16.3. The van der Waals surface area contributed by atoms with E-state index in [-0.39, 0.29) is 11.6 Å². The van der Waals surface area contributed by atoms with Crippen LogP contribution in [0.4, 0.5) is 0 Å². The van der Waals surface area contributed by atoms with Gasteiger partial charge in [-0.05, 0) is 46.2 Å². The lowest BCUT2D eigenvalue weighted by atomic mass is 9.90. The Balaban J connectivity index is 2.45. The molecule has 0 aromatic rings. The number of aliphatic hydroxyl groups excluding tert-OH is 1. The van der Waals surface area contributed by atoms with Gasteiger partial charge in [0.15, 0.2) is 0 Å². The number of hydrogen-bond donors (Lipinski definition) is 1. The number of hydrogen-bond acceptors (Lipinski definition) is 2. The van der Waals surface area contributed by atoms with Crippen molar-refractivity contribution in [1.29, 1.82) is 0 Å². The van der Waals surface area contributed by atoms with Crippen molar-refractivity contribution in [1.82, 2.24) is 4.90 Å². The van der Waals surface area contributed by atoms with Crippen LogP contribution in [0.1, 0.15) is 72.1 Å². The van der Waals surface area contributed by atoms with Gasteiger partial charge in [-0.15, -0.1) is 0 Å². The summed E-state index contributed by atoms with van der Waals surface area (Å²) in [6.07, 6.45) is 9.73. The first-order valence-corrected chi connectivity index (χ1v) is 7.52. The van der Waals surface area contributed by atoms with Crippen LogP contribution in [0.2, 0.25) is 0 Å². The molecule has 1 aliphatic heterocycles.